The van der Waals surface area contributed by atoms with Crippen molar-refractivity contribution in [1.82, 2.24) is 24.6 Å². The molecule has 1 aliphatic carbocycles. The van der Waals surface area contributed by atoms with Crippen molar-refractivity contribution in [3.05, 3.63) is 71.9 Å². The molecule has 0 saturated heterocycles. The average molecular weight is 455 g/mol. The minimum Gasteiger partial charge on any atom is -0.393 e. The summed E-state index contributed by atoms with van der Waals surface area (Å²) in [6.07, 6.45) is 2.59. The molecule has 0 bridgehead atoms. The van der Waals surface area contributed by atoms with Gasteiger partial charge in [-0.05, 0) is 42.3 Å². The fourth-order valence-electron chi connectivity index (χ4n) is 4.40. The van der Waals surface area contributed by atoms with E-state index in [0.717, 1.165) is 38.7 Å². The predicted octanol–water partition coefficient (Wildman–Crippen LogP) is 4.41. The van der Waals surface area contributed by atoms with Gasteiger partial charge < -0.3 is 10.8 Å². The summed E-state index contributed by atoms with van der Waals surface area (Å²) in [5.74, 6) is 0. The van der Waals surface area contributed by atoms with Crippen LogP contribution in [0.2, 0.25) is 0 Å². The maximum Gasteiger partial charge on any atom is 0.184 e. The summed E-state index contributed by atoms with van der Waals surface area (Å²) >= 11 is 1.62. The zero-order chi connectivity index (χ0) is 22.7. The molecule has 1 saturated carbocycles. The van der Waals surface area contributed by atoms with E-state index in [1.54, 1.807) is 22.0 Å². The van der Waals surface area contributed by atoms with Crippen LogP contribution >= 0.6 is 11.3 Å². The number of rotatable bonds is 4. The first-order valence-corrected chi connectivity index (χ1v) is 11.6. The van der Waals surface area contributed by atoms with Crippen LogP contribution in [0.25, 0.3) is 44.2 Å². The minimum absolute atomic E-state index is 0.319. The number of thiophene rings is 1. The Hall–Kier alpha value is -3.46. The van der Waals surface area contributed by atoms with Gasteiger partial charge in [0.25, 0.3) is 0 Å². The van der Waals surface area contributed by atoms with Gasteiger partial charge in [-0.2, -0.15) is 9.61 Å². The van der Waals surface area contributed by atoms with Crippen molar-refractivity contribution in [3.8, 4) is 21.8 Å². The summed E-state index contributed by atoms with van der Waals surface area (Å²) in [5, 5.41) is 16.4. The highest BCUT2D eigenvalue weighted by atomic mass is 32.1. The molecule has 33 heavy (non-hydrogen) atoms. The van der Waals surface area contributed by atoms with Crippen LogP contribution in [0, 0.1) is 0 Å². The number of nitrogens with two attached hydrogens (primary N) is 1. The molecule has 0 atom stereocenters. The molecule has 1 aromatic carbocycles. The first kappa shape index (κ1) is 20.2. The highest BCUT2D eigenvalue weighted by Crippen LogP contribution is 2.40. The molecule has 3 N–H and O–H groups in total. The normalized spacial score (nSPS) is 20.3. The molecule has 1 aliphatic rings. The number of hydrogen-bond acceptors (Lipinski definition) is 7. The van der Waals surface area contributed by atoms with Crippen molar-refractivity contribution in [1.29, 1.82) is 0 Å². The summed E-state index contributed by atoms with van der Waals surface area (Å²) in [6.45, 7) is 5.91. The molecule has 0 spiro atoms. The van der Waals surface area contributed by atoms with Crippen LogP contribution < -0.4 is 5.73 Å². The molecule has 0 amide bonds. The number of allylic oxidation sites excluding steroid dienone is 1. The summed E-state index contributed by atoms with van der Waals surface area (Å²) in [6, 6.07) is 14.1. The number of fused-ring (bicyclic) bond motifs is 3. The van der Waals surface area contributed by atoms with E-state index in [1.165, 1.54) is 0 Å². The Kier molecular flexibility index (Phi) is 4.45. The Labute approximate surface area is 194 Å². The second-order valence-corrected chi connectivity index (χ2v) is 9.69. The zero-order valence-electron chi connectivity index (χ0n) is 18.1. The summed E-state index contributed by atoms with van der Waals surface area (Å²) in [5.41, 5.74) is 13.2. The van der Waals surface area contributed by atoms with Gasteiger partial charge in [-0.15, -0.1) is 11.3 Å². The second-order valence-electron chi connectivity index (χ2n) is 8.74. The van der Waals surface area contributed by atoms with E-state index in [4.69, 9.17) is 15.7 Å². The first-order valence-electron chi connectivity index (χ1n) is 10.8. The van der Waals surface area contributed by atoms with E-state index in [0.29, 0.717) is 29.7 Å². The quantitative estimate of drug-likeness (QED) is 0.417. The lowest BCUT2D eigenvalue weighted by atomic mass is 9.70. The van der Waals surface area contributed by atoms with Crippen LogP contribution in [-0.4, -0.2) is 35.8 Å². The van der Waals surface area contributed by atoms with Crippen LogP contribution in [-0.2, 0) is 5.54 Å². The van der Waals surface area contributed by atoms with Gasteiger partial charge in [0.1, 0.15) is 11.2 Å². The molecule has 5 aromatic rings. The van der Waals surface area contributed by atoms with Gasteiger partial charge in [-0.3, -0.25) is 0 Å². The van der Waals surface area contributed by atoms with E-state index in [9.17, 15) is 5.11 Å². The Morgan fingerprint density at radius 2 is 1.97 bits per heavy atom. The third-order valence-corrected chi connectivity index (χ3v) is 7.12. The Morgan fingerprint density at radius 1 is 1.18 bits per heavy atom. The average Bonchev–Trinajstić information content (AvgIpc) is 3.47. The van der Waals surface area contributed by atoms with Gasteiger partial charge in [-0.25, -0.2) is 15.0 Å². The van der Waals surface area contributed by atoms with Crippen molar-refractivity contribution >= 4 is 33.7 Å². The van der Waals surface area contributed by atoms with Gasteiger partial charge >= 0.3 is 0 Å². The summed E-state index contributed by atoms with van der Waals surface area (Å²) in [7, 11) is 0. The fourth-order valence-corrected chi connectivity index (χ4v) is 5.11. The zero-order valence-corrected chi connectivity index (χ0v) is 18.9. The molecule has 8 heteroatoms. The number of aliphatic hydroxyl groups is 1. The standard InChI is InChI=1S/C25H22N6OS/c1-14(2)18-10-21-27-13-19-24(31(21)30-18)29-22(23(28-19)20-4-3-9-33-20)15-5-7-16(8-6-15)25(26)11-17(32)12-25/h3-10,13,17,32H,1,11-12,26H2,2H3. The highest BCUT2D eigenvalue weighted by Gasteiger charge is 2.41. The van der Waals surface area contributed by atoms with Gasteiger partial charge in [0.05, 0.1) is 28.6 Å². The molecule has 6 rings (SSSR count). The van der Waals surface area contributed by atoms with E-state index in [2.05, 4.69) is 16.7 Å². The van der Waals surface area contributed by atoms with E-state index < -0.39 is 5.54 Å². The predicted molar refractivity (Wildman–Crippen MR) is 131 cm³/mol. The van der Waals surface area contributed by atoms with Crippen LogP contribution in [0.4, 0.5) is 0 Å². The molecule has 1 fully saturated rings. The molecule has 4 heterocycles. The number of benzene rings is 1. The van der Waals surface area contributed by atoms with Crippen molar-refractivity contribution < 1.29 is 5.11 Å². The van der Waals surface area contributed by atoms with Crippen LogP contribution in [0.3, 0.4) is 0 Å². The molecule has 4 aromatic heterocycles. The third kappa shape index (κ3) is 3.26. The fraction of sp³-hybridized carbons (Fsp3) is 0.200. The van der Waals surface area contributed by atoms with E-state index in [1.807, 2.05) is 54.8 Å². The lowest BCUT2D eigenvalue weighted by molar-refractivity contribution is 0.0209. The minimum atomic E-state index is -0.463. The molecule has 164 valence electrons. The van der Waals surface area contributed by atoms with E-state index in [-0.39, 0.29) is 6.10 Å². The molecule has 0 radical (unpaired) electrons. The van der Waals surface area contributed by atoms with Crippen LogP contribution in [0.5, 0.6) is 0 Å². The van der Waals surface area contributed by atoms with E-state index >= 15 is 0 Å². The van der Waals surface area contributed by atoms with Crippen molar-refractivity contribution in [2.24, 2.45) is 5.73 Å². The first-order chi connectivity index (χ1) is 15.9. The lowest BCUT2D eigenvalue weighted by Crippen LogP contribution is -2.51. The van der Waals surface area contributed by atoms with Crippen molar-refractivity contribution in [3.63, 3.8) is 0 Å². The second kappa shape index (κ2) is 7.28. The Morgan fingerprint density at radius 3 is 2.64 bits per heavy atom. The Balaban J connectivity index is 1.55. The van der Waals surface area contributed by atoms with Crippen LogP contribution in [0.1, 0.15) is 31.0 Å². The van der Waals surface area contributed by atoms with Crippen LogP contribution in [0.15, 0.2) is 60.6 Å². The maximum atomic E-state index is 9.73. The molecule has 0 aliphatic heterocycles. The smallest absolute Gasteiger partial charge is 0.184 e. The van der Waals surface area contributed by atoms with Gasteiger partial charge in [0, 0.05) is 17.2 Å². The number of nitrogens with zero attached hydrogens (tertiary/aromatic N) is 5. The highest BCUT2D eigenvalue weighted by molar-refractivity contribution is 7.13. The largest absolute Gasteiger partial charge is 0.393 e. The SMILES string of the molecule is C=C(C)c1cc2ncc3nc(-c4cccs4)c(-c4ccc(C5(N)CC(O)C5)cc4)nc3n2n1. The van der Waals surface area contributed by atoms with Gasteiger partial charge in [0.15, 0.2) is 11.3 Å². The Bertz CT molecular complexity index is 1510. The van der Waals surface area contributed by atoms with Crippen molar-refractivity contribution in [2.75, 3.05) is 0 Å². The molecule has 0 unspecified atom stereocenters. The number of hydrogen-bond donors (Lipinski definition) is 2. The molecule has 7 nitrogen and oxygen atoms in total. The summed E-state index contributed by atoms with van der Waals surface area (Å²) < 4.78 is 1.73. The lowest BCUT2D eigenvalue weighted by Gasteiger charge is -2.42. The summed E-state index contributed by atoms with van der Waals surface area (Å²) in [4.78, 5) is 15.6. The topological polar surface area (TPSA) is 102 Å². The molecular weight excluding hydrogens is 432 g/mol. The maximum absolute atomic E-state index is 9.73. The number of aliphatic hydroxyl groups excluding tert-OH is 1. The third-order valence-electron chi connectivity index (χ3n) is 6.24. The monoisotopic (exact) mass is 454 g/mol. The van der Waals surface area contributed by atoms with Gasteiger partial charge in [0.2, 0.25) is 0 Å². The number of aromatic nitrogens is 5. The molecular formula is C25H22N6OS. The van der Waals surface area contributed by atoms with Crippen molar-refractivity contribution in [2.45, 2.75) is 31.4 Å². The van der Waals surface area contributed by atoms with Gasteiger partial charge in [-0.1, -0.05) is 36.9 Å².